The van der Waals surface area contributed by atoms with Gasteiger partial charge in [0, 0.05) is 5.56 Å². The molecule has 0 fully saturated rings. The topological polar surface area (TPSA) is 86.2 Å². The number of carbonyl (C=O) groups excluding carboxylic acids is 2. The summed E-state index contributed by atoms with van der Waals surface area (Å²) in [5.74, 6) is -0.223. The molecule has 29 heavy (non-hydrogen) atoms. The number of aryl methyl sites for hydroxylation is 1. The number of esters is 1. The van der Waals surface area contributed by atoms with Gasteiger partial charge in [-0.05, 0) is 50.1 Å². The third kappa shape index (κ3) is 6.50. The molecule has 1 amide bonds. The Morgan fingerprint density at radius 2 is 1.90 bits per heavy atom. The van der Waals surface area contributed by atoms with Gasteiger partial charge in [0.05, 0.1) is 24.5 Å². The first kappa shape index (κ1) is 22.2. The summed E-state index contributed by atoms with van der Waals surface area (Å²) in [6.45, 7) is 5.72. The summed E-state index contributed by atoms with van der Waals surface area (Å²) in [5.41, 5.74) is 4.47. The van der Waals surface area contributed by atoms with Gasteiger partial charge in [-0.3, -0.25) is 4.79 Å². The molecule has 0 bridgehead atoms. The standard InChI is InChI=1S/C21H23ClN2O5/c1-4-27-18-11-15(10-17(22)20(18)29-13-19(25)28-5-2)12-23-24-21(26)16-9-7-6-8-14(16)3/h6-12H,4-5,13H2,1-3H3,(H,24,26)/b23-12-. The predicted octanol–water partition coefficient (Wildman–Crippen LogP) is 3.75. The molecule has 0 saturated carbocycles. The van der Waals surface area contributed by atoms with Crippen molar-refractivity contribution in [1.29, 1.82) is 0 Å². The lowest BCUT2D eigenvalue weighted by Crippen LogP contribution is -2.18. The molecule has 0 radical (unpaired) electrons. The van der Waals surface area contributed by atoms with E-state index in [0.717, 1.165) is 5.56 Å². The predicted molar refractivity (Wildman–Crippen MR) is 111 cm³/mol. The minimum atomic E-state index is -0.504. The minimum absolute atomic E-state index is 0.239. The van der Waals surface area contributed by atoms with Crippen molar-refractivity contribution in [3.63, 3.8) is 0 Å². The largest absolute Gasteiger partial charge is 0.490 e. The van der Waals surface area contributed by atoms with Gasteiger partial charge in [-0.1, -0.05) is 29.8 Å². The van der Waals surface area contributed by atoms with Gasteiger partial charge >= 0.3 is 5.97 Å². The van der Waals surface area contributed by atoms with Crippen LogP contribution in [0.1, 0.15) is 35.3 Å². The number of hydrogen-bond acceptors (Lipinski definition) is 6. The van der Waals surface area contributed by atoms with Crippen molar-refractivity contribution in [2.75, 3.05) is 19.8 Å². The summed E-state index contributed by atoms with van der Waals surface area (Å²) in [7, 11) is 0. The van der Waals surface area contributed by atoms with Gasteiger partial charge in [-0.15, -0.1) is 0 Å². The van der Waals surface area contributed by atoms with Crippen LogP contribution in [0, 0.1) is 6.92 Å². The summed E-state index contributed by atoms with van der Waals surface area (Å²) >= 11 is 6.28. The number of benzene rings is 2. The van der Waals surface area contributed by atoms with E-state index in [4.69, 9.17) is 25.8 Å². The molecule has 0 aliphatic heterocycles. The number of hydrogen-bond donors (Lipinski definition) is 1. The van der Waals surface area contributed by atoms with Gasteiger partial charge in [-0.2, -0.15) is 5.10 Å². The molecule has 0 heterocycles. The zero-order chi connectivity index (χ0) is 21.2. The van der Waals surface area contributed by atoms with Gasteiger partial charge < -0.3 is 14.2 Å². The second kappa shape index (κ2) is 11.1. The van der Waals surface area contributed by atoms with Crippen LogP contribution in [0.5, 0.6) is 11.5 Å². The zero-order valence-electron chi connectivity index (χ0n) is 16.5. The molecule has 2 rings (SSSR count). The lowest BCUT2D eigenvalue weighted by Gasteiger charge is -2.14. The maximum absolute atomic E-state index is 12.2. The van der Waals surface area contributed by atoms with Crippen LogP contribution in [-0.2, 0) is 9.53 Å². The normalized spacial score (nSPS) is 10.6. The molecule has 2 aromatic rings. The van der Waals surface area contributed by atoms with Gasteiger partial charge in [0.1, 0.15) is 0 Å². The summed E-state index contributed by atoms with van der Waals surface area (Å²) in [6.07, 6.45) is 1.44. The number of hydrazone groups is 1. The Balaban J connectivity index is 2.12. The highest BCUT2D eigenvalue weighted by atomic mass is 35.5. The summed E-state index contributed by atoms with van der Waals surface area (Å²) in [6, 6.07) is 10.5. The molecule has 0 aliphatic rings. The maximum Gasteiger partial charge on any atom is 0.344 e. The average Bonchev–Trinajstić information content (AvgIpc) is 2.68. The van der Waals surface area contributed by atoms with Crippen LogP contribution in [0.15, 0.2) is 41.5 Å². The number of carbonyl (C=O) groups is 2. The maximum atomic E-state index is 12.2. The molecule has 0 spiro atoms. The van der Waals surface area contributed by atoms with E-state index in [0.29, 0.717) is 23.5 Å². The second-order valence-corrected chi connectivity index (χ2v) is 6.28. The molecule has 2 aromatic carbocycles. The van der Waals surface area contributed by atoms with Gasteiger partial charge in [0.15, 0.2) is 18.1 Å². The Hall–Kier alpha value is -3.06. The molecule has 8 heteroatoms. The van der Waals surface area contributed by atoms with E-state index in [1.54, 1.807) is 31.2 Å². The summed E-state index contributed by atoms with van der Waals surface area (Å²) < 4.78 is 15.8. The van der Waals surface area contributed by atoms with Gasteiger partial charge in [-0.25, -0.2) is 10.2 Å². The Morgan fingerprint density at radius 3 is 2.59 bits per heavy atom. The zero-order valence-corrected chi connectivity index (χ0v) is 17.3. The number of ether oxygens (including phenoxy) is 3. The van der Waals surface area contributed by atoms with Gasteiger partial charge in [0.25, 0.3) is 5.91 Å². The smallest absolute Gasteiger partial charge is 0.344 e. The molecule has 7 nitrogen and oxygen atoms in total. The number of halogens is 1. The Labute approximate surface area is 174 Å². The molecular weight excluding hydrogens is 396 g/mol. The number of nitrogens with zero attached hydrogens (tertiary/aromatic N) is 1. The fraction of sp³-hybridized carbons (Fsp3) is 0.286. The monoisotopic (exact) mass is 418 g/mol. The van der Waals surface area contributed by atoms with E-state index in [1.165, 1.54) is 6.21 Å². The molecule has 154 valence electrons. The SMILES string of the molecule is CCOC(=O)COc1c(Cl)cc(/C=N\NC(=O)c2ccccc2C)cc1OCC. The van der Waals surface area contributed by atoms with Crippen LogP contribution in [-0.4, -0.2) is 37.9 Å². The molecule has 0 unspecified atom stereocenters. The van der Waals surface area contributed by atoms with E-state index in [-0.39, 0.29) is 29.9 Å². The van der Waals surface area contributed by atoms with Crippen LogP contribution >= 0.6 is 11.6 Å². The third-order valence-corrected chi connectivity index (χ3v) is 4.02. The first-order valence-corrected chi connectivity index (χ1v) is 9.47. The number of amides is 1. The summed E-state index contributed by atoms with van der Waals surface area (Å²) in [5, 5.41) is 4.22. The second-order valence-electron chi connectivity index (χ2n) is 5.87. The first-order chi connectivity index (χ1) is 14.0. The van der Waals surface area contributed by atoms with E-state index in [1.807, 2.05) is 26.0 Å². The lowest BCUT2D eigenvalue weighted by atomic mass is 10.1. The molecular formula is C21H23ClN2O5. The molecule has 0 atom stereocenters. The van der Waals surface area contributed by atoms with Crippen LogP contribution in [0.4, 0.5) is 0 Å². The van der Waals surface area contributed by atoms with Crippen molar-refractivity contribution >= 4 is 29.7 Å². The molecule has 0 aromatic heterocycles. The van der Waals surface area contributed by atoms with E-state index >= 15 is 0 Å². The fourth-order valence-corrected chi connectivity index (χ4v) is 2.73. The Morgan fingerprint density at radius 1 is 1.14 bits per heavy atom. The first-order valence-electron chi connectivity index (χ1n) is 9.10. The van der Waals surface area contributed by atoms with Crippen LogP contribution in [0.25, 0.3) is 0 Å². The van der Waals surface area contributed by atoms with Crippen LogP contribution < -0.4 is 14.9 Å². The molecule has 0 aliphatic carbocycles. The third-order valence-electron chi connectivity index (χ3n) is 3.74. The van der Waals surface area contributed by atoms with Crippen molar-refractivity contribution in [3.8, 4) is 11.5 Å². The summed E-state index contributed by atoms with van der Waals surface area (Å²) in [4.78, 5) is 23.7. The molecule has 0 saturated heterocycles. The average molecular weight is 419 g/mol. The van der Waals surface area contributed by atoms with E-state index < -0.39 is 5.97 Å². The van der Waals surface area contributed by atoms with E-state index in [9.17, 15) is 9.59 Å². The highest BCUT2D eigenvalue weighted by molar-refractivity contribution is 6.32. The highest BCUT2D eigenvalue weighted by Crippen LogP contribution is 2.36. The van der Waals surface area contributed by atoms with Crippen molar-refractivity contribution in [1.82, 2.24) is 5.43 Å². The minimum Gasteiger partial charge on any atom is -0.490 e. The number of rotatable bonds is 9. The highest BCUT2D eigenvalue weighted by Gasteiger charge is 2.14. The fourth-order valence-electron chi connectivity index (χ4n) is 2.45. The quantitative estimate of drug-likeness (QED) is 0.380. The lowest BCUT2D eigenvalue weighted by molar-refractivity contribution is -0.145. The van der Waals surface area contributed by atoms with Gasteiger partial charge in [0.2, 0.25) is 0 Å². The van der Waals surface area contributed by atoms with Crippen LogP contribution in [0.2, 0.25) is 5.02 Å². The van der Waals surface area contributed by atoms with Crippen molar-refractivity contribution in [3.05, 3.63) is 58.1 Å². The van der Waals surface area contributed by atoms with Crippen molar-refractivity contribution in [2.24, 2.45) is 5.10 Å². The Bertz CT molecular complexity index is 899. The number of nitrogens with one attached hydrogen (secondary N) is 1. The Kier molecular flexibility index (Phi) is 8.48. The van der Waals surface area contributed by atoms with Crippen molar-refractivity contribution in [2.45, 2.75) is 20.8 Å². The van der Waals surface area contributed by atoms with E-state index in [2.05, 4.69) is 10.5 Å². The van der Waals surface area contributed by atoms with Crippen LogP contribution in [0.3, 0.4) is 0 Å². The molecule has 1 N–H and O–H groups in total. The van der Waals surface area contributed by atoms with Crippen molar-refractivity contribution < 1.29 is 23.8 Å².